The van der Waals surface area contributed by atoms with E-state index in [1.807, 2.05) is 6.07 Å². The second-order valence-corrected chi connectivity index (χ2v) is 5.33. The number of hydrogen-bond acceptors (Lipinski definition) is 5. The van der Waals surface area contributed by atoms with Gasteiger partial charge in [-0.2, -0.15) is 0 Å². The normalized spacial score (nSPS) is 12.6. The highest BCUT2D eigenvalue weighted by Gasteiger charge is 2.17. The Balaban J connectivity index is 1.78. The van der Waals surface area contributed by atoms with Gasteiger partial charge in [0.2, 0.25) is 0 Å². The predicted octanol–water partition coefficient (Wildman–Crippen LogP) is 3.51. The van der Waals surface area contributed by atoms with Gasteiger partial charge in [0.15, 0.2) is 23.0 Å². The number of methoxy groups -OCH3 is 1. The number of benzene rings is 2. The van der Waals surface area contributed by atoms with Gasteiger partial charge in [-0.1, -0.05) is 11.6 Å². The van der Waals surface area contributed by atoms with Crippen molar-refractivity contribution in [3.8, 4) is 23.0 Å². The van der Waals surface area contributed by atoms with Gasteiger partial charge in [0.1, 0.15) is 26.1 Å². The smallest absolute Gasteiger partial charge is 0.179 e. The fraction of sp³-hybridized carbons (Fsp3) is 0.235. The number of halogens is 1. The van der Waals surface area contributed by atoms with Crippen LogP contribution in [0.15, 0.2) is 30.3 Å². The first-order valence-electron chi connectivity index (χ1n) is 7.05. The Kier molecular flexibility index (Phi) is 4.57. The molecule has 3 rings (SSSR count). The van der Waals surface area contributed by atoms with Crippen molar-refractivity contribution >= 4 is 17.9 Å². The Bertz CT molecular complexity index is 729. The van der Waals surface area contributed by atoms with Crippen LogP contribution in [-0.2, 0) is 6.61 Å². The van der Waals surface area contributed by atoms with Crippen molar-refractivity contribution in [2.45, 2.75) is 6.61 Å². The molecule has 2 aromatic carbocycles. The summed E-state index contributed by atoms with van der Waals surface area (Å²) in [7, 11) is 1.53. The van der Waals surface area contributed by atoms with E-state index in [1.165, 1.54) is 7.11 Å². The zero-order chi connectivity index (χ0) is 16.2. The molecule has 2 aromatic rings. The third kappa shape index (κ3) is 3.35. The summed E-state index contributed by atoms with van der Waals surface area (Å²) in [6.45, 7) is 1.27. The summed E-state index contributed by atoms with van der Waals surface area (Å²) >= 11 is 6.20. The van der Waals surface area contributed by atoms with Gasteiger partial charge < -0.3 is 18.9 Å². The molecule has 0 saturated carbocycles. The van der Waals surface area contributed by atoms with Crippen LogP contribution in [0.1, 0.15) is 15.9 Å². The van der Waals surface area contributed by atoms with Crippen LogP contribution < -0.4 is 18.9 Å². The van der Waals surface area contributed by atoms with Gasteiger partial charge in [-0.25, -0.2) is 0 Å². The fourth-order valence-corrected chi connectivity index (χ4v) is 2.57. The Morgan fingerprint density at radius 2 is 2.00 bits per heavy atom. The topological polar surface area (TPSA) is 54.0 Å². The van der Waals surface area contributed by atoms with Gasteiger partial charge in [-0.15, -0.1) is 0 Å². The average Bonchev–Trinajstić information content (AvgIpc) is 2.60. The maximum Gasteiger partial charge on any atom is 0.179 e. The Morgan fingerprint density at radius 3 is 2.78 bits per heavy atom. The summed E-state index contributed by atoms with van der Waals surface area (Å²) in [5, 5.41) is 0.490. The molecule has 0 atom stereocenters. The van der Waals surface area contributed by atoms with Crippen LogP contribution in [0.2, 0.25) is 5.02 Å². The van der Waals surface area contributed by atoms with Crippen LogP contribution in [0.4, 0.5) is 0 Å². The lowest BCUT2D eigenvalue weighted by atomic mass is 10.2. The van der Waals surface area contributed by atoms with E-state index in [9.17, 15) is 4.79 Å². The van der Waals surface area contributed by atoms with Gasteiger partial charge in [0.05, 0.1) is 12.1 Å². The summed E-state index contributed by atoms with van der Waals surface area (Å²) in [5.41, 5.74) is 1.37. The molecule has 0 N–H and O–H groups in total. The molecule has 0 spiro atoms. The van der Waals surface area contributed by atoms with Crippen LogP contribution in [-0.4, -0.2) is 26.6 Å². The third-order valence-electron chi connectivity index (χ3n) is 3.37. The van der Waals surface area contributed by atoms with Gasteiger partial charge in [-0.05, 0) is 35.9 Å². The van der Waals surface area contributed by atoms with Crippen molar-refractivity contribution in [3.63, 3.8) is 0 Å². The van der Waals surface area contributed by atoms with Gasteiger partial charge in [0.25, 0.3) is 0 Å². The molecular weight excluding hydrogens is 320 g/mol. The van der Waals surface area contributed by atoms with E-state index < -0.39 is 0 Å². The number of rotatable bonds is 5. The van der Waals surface area contributed by atoms with Crippen LogP contribution in [0.25, 0.3) is 0 Å². The molecule has 0 fully saturated rings. The van der Waals surface area contributed by atoms with Crippen LogP contribution in [0.5, 0.6) is 23.0 Å². The molecule has 5 nitrogen and oxygen atoms in total. The first-order chi connectivity index (χ1) is 11.2. The predicted molar refractivity (Wildman–Crippen MR) is 85.2 cm³/mol. The van der Waals surface area contributed by atoms with Gasteiger partial charge in [0, 0.05) is 5.56 Å². The molecule has 1 heterocycles. The largest absolute Gasteiger partial charge is 0.493 e. The maximum atomic E-state index is 10.8. The molecule has 1 aliphatic rings. The second-order valence-electron chi connectivity index (χ2n) is 4.92. The van der Waals surface area contributed by atoms with Crippen LogP contribution >= 0.6 is 11.6 Å². The molecule has 0 unspecified atom stereocenters. The summed E-state index contributed by atoms with van der Waals surface area (Å²) in [6.07, 6.45) is 0.757. The van der Waals surface area contributed by atoms with E-state index in [0.717, 1.165) is 11.8 Å². The Hall–Kier alpha value is -2.40. The van der Waals surface area contributed by atoms with Crippen LogP contribution in [0, 0.1) is 0 Å². The van der Waals surface area contributed by atoms with E-state index in [4.69, 9.17) is 30.5 Å². The molecule has 0 radical (unpaired) electrons. The van der Waals surface area contributed by atoms with Gasteiger partial charge in [-0.3, -0.25) is 4.79 Å². The Labute approximate surface area is 138 Å². The number of ether oxygens (including phenoxy) is 4. The minimum absolute atomic E-state index is 0.285. The number of hydrogen-bond donors (Lipinski definition) is 0. The molecule has 0 bridgehead atoms. The fourth-order valence-electron chi connectivity index (χ4n) is 2.29. The minimum Gasteiger partial charge on any atom is -0.493 e. The van der Waals surface area contributed by atoms with Crippen molar-refractivity contribution in [1.82, 2.24) is 0 Å². The second kappa shape index (κ2) is 6.79. The van der Waals surface area contributed by atoms with Crippen LogP contribution in [0.3, 0.4) is 0 Å². The molecule has 0 aliphatic carbocycles. The van der Waals surface area contributed by atoms with E-state index >= 15 is 0 Å². The summed E-state index contributed by atoms with van der Waals surface area (Å²) in [5.74, 6) is 2.22. The highest BCUT2D eigenvalue weighted by atomic mass is 35.5. The van der Waals surface area contributed by atoms with Crippen molar-refractivity contribution < 1.29 is 23.7 Å². The molecule has 1 aliphatic heterocycles. The zero-order valence-electron chi connectivity index (χ0n) is 12.5. The van der Waals surface area contributed by atoms with Crippen molar-refractivity contribution in [2.75, 3.05) is 20.3 Å². The standard InChI is InChI=1S/C17H15ClO5/c1-20-15-7-11(9-19)2-3-14(15)23-10-12-6-13(18)17-16(8-12)21-4-5-22-17/h2-3,6-9H,4-5,10H2,1H3. The summed E-state index contributed by atoms with van der Waals surface area (Å²) < 4.78 is 22.0. The average molecular weight is 335 g/mol. The lowest BCUT2D eigenvalue weighted by molar-refractivity contribution is 0.112. The SMILES string of the molecule is COc1cc(C=O)ccc1OCc1cc(Cl)c2c(c1)OCCO2. The molecule has 6 heteroatoms. The number of aldehydes is 1. The number of fused-ring (bicyclic) bond motifs is 1. The van der Waals surface area contributed by atoms with Crippen molar-refractivity contribution in [1.29, 1.82) is 0 Å². The van der Waals surface area contributed by atoms with E-state index in [2.05, 4.69) is 0 Å². The van der Waals surface area contributed by atoms with Crippen molar-refractivity contribution in [3.05, 3.63) is 46.5 Å². The highest BCUT2D eigenvalue weighted by Crippen LogP contribution is 2.38. The maximum absolute atomic E-state index is 10.8. The van der Waals surface area contributed by atoms with Gasteiger partial charge >= 0.3 is 0 Å². The molecule has 120 valence electrons. The van der Waals surface area contributed by atoms with E-state index in [1.54, 1.807) is 24.3 Å². The molecule has 0 saturated heterocycles. The molecule has 0 aromatic heterocycles. The number of carbonyl (C=O) groups is 1. The lowest BCUT2D eigenvalue weighted by Gasteiger charge is -2.20. The first-order valence-corrected chi connectivity index (χ1v) is 7.43. The zero-order valence-corrected chi connectivity index (χ0v) is 13.3. The molecule has 23 heavy (non-hydrogen) atoms. The monoisotopic (exact) mass is 334 g/mol. The van der Waals surface area contributed by atoms with Crippen molar-refractivity contribution in [2.24, 2.45) is 0 Å². The first kappa shape index (κ1) is 15.5. The lowest BCUT2D eigenvalue weighted by Crippen LogP contribution is -2.16. The third-order valence-corrected chi connectivity index (χ3v) is 3.66. The summed E-state index contributed by atoms with van der Waals surface area (Å²) in [6, 6.07) is 8.61. The number of carbonyl (C=O) groups excluding carboxylic acids is 1. The molecular formula is C17H15ClO5. The van der Waals surface area contributed by atoms with E-state index in [0.29, 0.717) is 46.8 Å². The minimum atomic E-state index is 0.285. The molecule has 0 amide bonds. The Morgan fingerprint density at radius 1 is 1.17 bits per heavy atom. The quantitative estimate of drug-likeness (QED) is 0.783. The summed E-state index contributed by atoms with van der Waals surface area (Å²) in [4.78, 5) is 10.8. The van der Waals surface area contributed by atoms with E-state index in [-0.39, 0.29) is 6.61 Å². The highest BCUT2D eigenvalue weighted by molar-refractivity contribution is 6.32.